The highest BCUT2D eigenvalue weighted by Crippen LogP contribution is 2.05. The molecule has 138 valence electrons. The van der Waals surface area contributed by atoms with Crippen LogP contribution in [0.15, 0.2) is 60.7 Å². The molecule has 0 aliphatic heterocycles. The Hall–Kier alpha value is -2.62. The van der Waals surface area contributed by atoms with E-state index in [1.807, 2.05) is 36.4 Å². The van der Waals surface area contributed by atoms with Gasteiger partial charge in [-0.3, -0.25) is 9.59 Å². The summed E-state index contributed by atoms with van der Waals surface area (Å²) in [7, 11) is 3.60. The first kappa shape index (κ1) is 19.7. The molecule has 0 bridgehead atoms. The molecular formula is C22H28N2O2. The Balaban J connectivity index is 1.67. The highest BCUT2D eigenvalue weighted by Gasteiger charge is 2.14. The van der Waals surface area contributed by atoms with Gasteiger partial charge in [0, 0.05) is 40.0 Å². The zero-order valence-corrected chi connectivity index (χ0v) is 15.7. The smallest absolute Gasteiger partial charge is 0.222 e. The lowest BCUT2D eigenvalue weighted by molar-refractivity contribution is -0.135. The number of hydrogen-bond acceptors (Lipinski definition) is 2. The second-order valence-electron chi connectivity index (χ2n) is 6.60. The van der Waals surface area contributed by atoms with Gasteiger partial charge >= 0.3 is 0 Å². The Kier molecular flexibility index (Phi) is 7.87. The van der Waals surface area contributed by atoms with Crippen LogP contribution in [0.4, 0.5) is 0 Å². The monoisotopic (exact) mass is 352 g/mol. The molecule has 0 unspecified atom stereocenters. The van der Waals surface area contributed by atoms with Crippen LogP contribution in [0, 0.1) is 0 Å². The van der Waals surface area contributed by atoms with E-state index in [-0.39, 0.29) is 24.7 Å². The van der Waals surface area contributed by atoms with Crippen LogP contribution in [0.25, 0.3) is 0 Å². The van der Waals surface area contributed by atoms with Gasteiger partial charge in [0.05, 0.1) is 0 Å². The summed E-state index contributed by atoms with van der Waals surface area (Å²) in [4.78, 5) is 27.9. The lowest BCUT2D eigenvalue weighted by atomic mass is 10.1. The van der Waals surface area contributed by atoms with Crippen molar-refractivity contribution in [1.29, 1.82) is 0 Å². The molecule has 0 spiro atoms. The van der Waals surface area contributed by atoms with Gasteiger partial charge in [-0.2, -0.15) is 0 Å². The molecule has 2 aromatic rings. The maximum absolute atomic E-state index is 12.2. The number of amides is 2. The third-order valence-corrected chi connectivity index (χ3v) is 4.56. The highest BCUT2D eigenvalue weighted by atomic mass is 16.2. The van der Waals surface area contributed by atoms with Crippen LogP contribution in [0.5, 0.6) is 0 Å². The molecule has 0 saturated carbocycles. The average molecular weight is 352 g/mol. The number of hydrogen-bond donors (Lipinski definition) is 0. The Morgan fingerprint density at radius 3 is 1.35 bits per heavy atom. The van der Waals surface area contributed by atoms with E-state index in [1.54, 1.807) is 23.9 Å². The van der Waals surface area contributed by atoms with E-state index in [0.29, 0.717) is 13.1 Å². The van der Waals surface area contributed by atoms with Crippen LogP contribution in [0.2, 0.25) is 0 Å². The minimum absolute atomic E-state index is 0.0192. The van der Waals surface area contributed by atoms with E-state index in [2.05, 4.69) is 24.3 Å². The van der Waals surface area contributed by atoms with E-state index in [0.717, 1.165) is 12.8 Å². The molecule has 0 radical (unpaired) electrons. The fourth-order valence-corrected chi connectivity index (χ4v) is 2.73. The van der Waals surface area contributed by atoms with Crippen molar-refractivity contribution in [3.63, 3.8) is 0 Å². The van der Waals surface area contributed by atoms with E-state index >= 15 is 0 Å². The third-order valence-electron chi connectivity index (χ3n) is 4.56. The van der Waals surface area contributed by atoms with Gasteiger partial charge in [0.25, 0.3) is 0 Å². The molecule has 0 saturated heterocycles. The van der Waals surface area contributed by atoms with Crippen molar-refractivity contribution in [2.45, 2.75) is 25.7 Å². The maximum atomic E-state index is 12.2. The predicted octanol–water partition coefficient (Wildman–Crippen LogP) is 3.17. The topological polar surface area (TPSA) is 40.6 Å². The summed E-state index contributed by atoms with van der Waals surface area (Å²) in [6, 6.07) is 20.2. The quantitative estimate of drug-likeness (QED) is 0.695. The lowest BCUT2D eigenvalue weighted by Crippen LogP contribution is -2.32. The number of benzene rings is 2. The number of carbonyl (C=O) groups excluding carboxylic acids is 2. The summed E-state index contributed by atoms with van der Waals surface area (Å²) >= 11 is 0. The molecule has 0 atom stereocenters. The Bertz CT molecular complexity index is 624. The van der Waals surface area contributed by atoms with E-state index in [4.69, 9.17) is 0 Å². The van der Waals surface area contributed by atoms with E-state index in [1.165, 1.54) is 11.1 Å². The lowest BCUT2D eigenvalue weighted by Gasteiger charge is -2.19. The van der Waals surface area contributed by atoms with E-state index in [9.17, 15) is 9.59 Å². The van der Waals surface area contributed by atoms with Gasteiger partial charge in [0.15, 0.2) is 0 Å². The molecule has 0 heterocycles. The second kappa shape index (κ2) is 10.4. The molecular weight excluding hydrogens is 324 g/mol. The Morgan fingerprint density at radius 1 is 0.654 bits per heavy atom. The first-order chi connectivity index (χ1) is 12.6. The number of rotatable bonds is 9. The summed E-state index contributed by atoms with van der Waals surface area (Å²) in [5.41, 5.74) is 2.42. The molecule has 0 fully saturated rings. The van der Waals surface area contributed by atoms with Crippen molar-refractivity contribution in [2.75, 3.05) is 27.2 Å². The summed E-state index contributed by atoms with van der Waals surface area (Å²) in [6.45, 7) is 1.34. The largest absolute Gasteiger partial charge is 0.345 e. The summed E-state index contributed by atoms with van der Waals surface area (Å²) < 4.78 is 0. The Morgan fingerprint density at radius 2 is 1.00 bits per heavy atom. The van der Waals surface area contributed by atoms with Gasteiger partial charge in [0.2, 0.25) is 11.8 Å². The number of carbonyl (C=O) groups is 2. The molecule has 2 rings (SSSR count). The zero-order valence-electron chi connectivity index (χ0n) is 15.7. The van der Waals surface area contributed by atoms with Crippen molar-refractivity contribution in [3.05, 3.63) is 71.8 Å². The molecule has 26 heavy (non-hydrogen) atoms. The van der Waals surface area contributed by atoms with Gasteiger partial charge in [-0.1, -0.05) is 60.7 Å². The van der Waals surface area contributed by atoms with Gasteiger partial charge in [0.1, 0.15) is 0 Å². The van der Waals surface area contributed by atoms with Crippen LogP contribution in [0.3, 0.4) is 0 Å². The first-order valence-electron chi connectivity index (χ1n) is 9.12. The zero-order chi connectivity index (χ0) is 18.8. The van der Waals surface area contributed by atoms with Gasteiger partial charge < -0.3 is 9.80 Å². The fraction of sp³-hybridized carbons (Fsp3) is 0.364. The molecule has 0 aliphatic carbocycles. The molecule has 4 nitrogen and oxygen atoms in total. The van der Waals surface area contributed by atoms with Crippen LogP contribution < -0.4 is 0 Å². The SMILES string of the molecule is CN(CCc1ccccc1)C(=O)CCC(=O)N(C)CCc1ccccc1. The van der Waals surface area contributed by atoms with Gasteiger partial charge in [-0.15, -0.1) is 0 Å². The van der Waals surface area contributed by atoms with Crippen molar-refractivity contribution in [1.82, 2.24) is 9.80 Å². The summed E-state index contributed by atoms with van der Waals surface area (Å²) in [6.07, 6.45) is 2.18. The summed E-state index contributed by atoms with van der Waals surface area (Å²) in [5.74, 6) is 0.0384. The minimum atomic E-state index is 0.0192. The van der Waals surface area contributed by atoms with Crippen LogP contribution >= 0.6 is 0 Å². The minimum Gasteiger partial charge on any atom is -0.345 e. The Labute approximate surface area is 156 Å². The first-order valence-corrected chi connectivity index (χ1v) is 9.12. The van der Waals surface area contributed by atoms with Crippen molar-refractivity contribution < 1.29 is 9.59 Å². The molecule has 0 aliphatic rings. The van der Waals surface area contributed by atoms with E-state index < -0.39 is 0 Å². The van der Waals surface area contributed by atoms with Crippen molar-refractivity contribution in [3.8, 4) is 0 Å². The normalized spacial score (nSPS) is 10.4. The molecule has 4 heteroatoms. The molecule has 2 amide bonds. The van der Waals surface area contributed by atoms with Crippen LogP contribution in [-0.2, 0) is 22.4 Å². The molecule has 0 aromatic heterocycles. The number of nitrogens with zero attached hydrogens (tertiary/aromatic N) is 2. The van der Waals surface area contributed by atoms with Crippen LogP contribution in [-0.4, -0.2) is 48.8 Å². The number of likely N-dealkylation sites (N-methyl/N-ethyl adjacent to an activating group) is 2. The fourth-order valence-electron chi connectivity index (χ4n) is 2.73. The average Bonchev–Trinajstić information content (AvgIpc) is 2.69. The molecule has 0 N–H and O–H groups in total. The van der Waals surface area contributed by atoms with Crippen LogP contribution in [0.1, 0.15) is 24.0 Å². The van der Waals surface area contributed by atoms with Gasteiger partial charge in [-0.25, -0.2) is 0 Å². The van der Waals surface area contributed by atoms with Crippen molar-refractivity contribution >= 4 is 11.8 Å². The van der Waals surface area contributed by atoms with Gasteiger partial charge in [-0.05, 0) is 24.0 Å². The highest BCUT2D eigenvalue weighted by molar-refractivity contribution is 5.83. The maximum Gasteiger partial charge on any atom is 0.222 e. The standard InChI is InChI=1S/C22H28N2O2/c1-23(17-15-19-9-5-3-6-10-19)21(25)13-14-22(26)24(2)18-16-20-11-7-4-8-12-20/h3-12H,13-18H2,1-2H3. The van der Waals surface area contributed by atoms with Crippen molar-refractivity contribution in [2.24, 2.45) is 0 Å². The summed E-state index contributed by atoms with van der Waals surface area (Å²) in [5, 5.41) is 0. The predicted molar refractivity (Wildman–Crippen MR) is 105 cm³/mol. The third kappa shape index (κ3) is 6.71. The molecule has 2 aromatic carbocycles. The second-order valence-corrected chi connectivity index (χ2v) is 6.60.